The summed E-state index contributed by atoms with van der Waals surface area (Å²) >= 11 is 4.18. The van der Waals surface area contributed by atoms with Gasteiger partial charge in [0.2, 0.25) is 0 Å². The summed E-state index contributed by atoms with van der Waals surface area (Å²) in [6, 6.07) is 0. The Morgan fingerprint density at radius 2 is 2.05 bits per heavy atom. The summed E-state index contributed by atoms with van der Waals surface area (Å²) in [6.45, 7) is 2.21. The highest BCUT2D eigenvalue weighted by atomic mass is 32.1. The van der Waals surface area contributed by atoms with E-state index in [4.69, 9.17) is 9.79 Å². The maximum absolute atomic E-state index is 11.1. The molecule has 1 heterocycles. The highest BCUT2D eigenvalue weighted by Crippen LogP contribution is 2.56. The zero-order chi connectivity index (χ0) is 14.8. The van der Waals surface area contributed by atoms with Crippen LogP contribution in [0.3, 0.4) is 0 Å². The van der Waals surface area contributed by atoms with E-state index in [1.165, 1.54) is 0 Å². The lowest BCUT2D eigenvalue weighted by Gasteiger charge is -2.29. The molecule has 0 saturated carbocycles. The standard InChI is InChI=1S/C9H19NO6P2S/c1-6-2-7(5-19)3-10-9(6)8(18(14,15)16)4-17(11,12)13/h6-8,14-16H,2-5H2,1H3,(H2-,11,12,13,19)/p+1. The minimum atomic E-state index is -4.48. The summed E-state index contributed by atoms with van der Waals surface area (Å²) in [6.07, 6.45) is -0.112. The van der Waals surface area contributed by atoms with E-state index >= 15 is 0 Å². The first-order valence-electron chi connectivity index (χ1n) is 5.81. The van der Waals surface area contributed by atoms with Gasteiger partial charge in [0.1, 0.15) is 0 Å². The quantitative estimate of drug-likeness (QED) is 0.317. The minimum Gasteiger partial charge on any atom is -0.324 e. The molecule has 19 heavy (non-hydrogen) atoms. The maximum atomic E-state index is 11.1. The van der Waals surface area contributed by atoms with Crippen molar-refractivity contribution >= 4 is 33.9 Å². The number of hydrogen-bond acceptors (Lipinski definition) is 6. The van der Waals surface area contributed by atoms with Gasteiger partial charge in [-0.25, -0.2) is 0 Å². The van der Waals surface area contributed by atoms with Crippen LogP contribution in [-0.4, -0.2) is 54.3 Å². The second-order valence-corrected chi connectivity index (χ2v) is 8.84. The van der Waals surface area contributed by atoms with E-state index in [0.717, 1.165) is 0 Å². The highest BCUT2D eigenvalue weighted by molar-refractivity contribution is 7.80. The minimum absolute atomic E-state index is 0.173. The third-order valence-corrected chi connectivity index (χ3v) is 6.08. The monoisotopic (exact) mass is 332 g/mol. The van der Waals surface area contributed by atoms with Gasteiger partial charge in [-0.2, -0.15) is 27.3 Å². The maximum Gasteiger partial charge on any atom is 0.413 e. The van der Waals surface area contributed by atoms with Crippen molar-refractivity contribution in [3.05, 3.63) is 0 Å². The van der Waals surface area contributed by atoms with Gasteiger partial charge in [0, 0.05) is 6.54 Å². The number of nitrogens with zero attached hydrogens (tertiary/aromatic N) is 1. The van der Waals surface area contributed by atoms with E-state index in [1.807, 2.05) is 0 Å². The molecule has 10 heteroatoms. The van der Waals surface area contributed by atoms with Crippen molar-refractivity contribution in [1.82, 2.24) is 0 Å². The molecule has 0 aromatic rings. The molecular weight excluding hydrogens is 312 g/mol. The molecular formula is C9H20NO6P2S+. The molecule has 5 N–H and O–H groups in total. The zero-order valence-corrected chi connectivity index (χ0v) is 13.2. The predicted molar refractivity (Wildman–Crippen MR) is 77.7 cm³/mol. The van der Waals surface area contributed by atoms with E-state index in [1.54, 1.807) is 6.92 Å². The predicted octanol–water partition coefficient (Wildman–Crippen LogP) is 0.299. The molecule has 112 valence electrons. The topological polar surface area (TPSA) is 131 Å². The molecule has 0 aromatic carbocycles. The SMILES string of the molecule is CC1CC(CS)CN=C1C(CP(=O)(O)O)[P+](O)(O)O. The Kier molecular flexibility index (Phi) is 6.00. The van der Waals surface area contributed by atoms with Gasteiger partial charge in [-0.15, -0.1) is 0 Å². The Labute approximate surface area is 117 Å². The number of rotatable bonds is 5. The van der Waals surface area contributed by atoms with Gasteiger partial charge in [-0.3, -0.25) is 9.56 Å². The summed E-state index contributed by atoms with van der Waals surface area (Å²) in [4.78, 5) is 50.4. The summed E-state index contributed by atoms with van der Waals surface area (Å²) in [5, 5.41) is 0. The van der Waals surface area contributed by atoms with Crippen LogP contribution in [-0.2, 0) is 4.57 Å². The number of aliphatic imine (C=N–C) groups is 1. The fraction of sp³-hybridized carbons (Fsp3) is 0.889. The molecule has 0 aromatic heterocycles. The lowest BCUT2D eigenvalue weighted by Crippen LogP contribution is -2.37. The van der Waals surface area contributed by atoms with Crippen molar-refractivity contribution in [3.8, 4) is 0 Å². The van der Waals surface area contributed by atoms with Gasteiger partial charge in [0.15, 0.2) is 5.66 Å². The van der Waals surface area contributed by atoms with Crippen LogP contribution in [0.1, 0.15) is 13.3 Å². The van der Waals surface area contributed by atoms with Crippen LogP contribution in [0.5, 0.6) is 0 Å². The molecule has 0 saturated heterocycles. The molecule has 1 aliphatic rings. The molecule has 0 spiro atoms. The lowest BCUT2D eigenvalue weighted by atomic mass is 9.89. The average molecular weight is 332 g/mol. The molecule has 3 unspecified atom stereocenters. The average Bonchev–Trinajstić information content (AvgIpc) is 2.23. The van der Waals surface area contributed by atoms with Gasteiger partial charge >= 0.3 is 15.5 Å². The Morgan fingerprint density at radius 3 is 2.42 bits per heavy atom. The summed E-state index contributed by atoms with van der Waals surface area (Å²) in [5.74, 6) is 0.719. The second kappa shape index (κ2) is 6.50. The van der Waals surface area contributed by atoms with Crippen LogP contribution in [0, 0.1) is 11.8 Å². The van der Waals surface area contributed by atoms with Crippen molar-refractivity contribution in [1.29, 1.82) is 0 Å². The van der Waals surface area contributed by atoms with E-state index in [-0.39, 0.29) is 17.5 Å². The van der Waals surface area contributed by atoms with Crippen LogP contribution >= 0.6 is 28.2 Å². The molecule has 0 bridgehead atoms. The summed E-state index contributed by atoms with van der Waals surface area (Å²) < 4.78 is 11.1. The van der Waals surface area contributed by atoms with Crippen molar-refractivity contribution in [3.63, 3.8) is 0 Å². The Hall–Kier alpha value is 0.480. The van der Waals surface area contributed by atoms with Crippen LogP contribution in [0.25, 0.3) is 0 Å². The van der Waals surface area contributed by atoms with E-state index in [2.05, 4.69) is 17.6 Å². The smallest absolute Gasteiger partial charge is 0.324 e. The first-order chi connectivity index (χ1) is 8.54. The van der Waals surface area contributed by atoms with Crippen LogP contribution < -0.4 is 0 Å². The molecule has 0 amide bonds. The van der Waals surface area contributed by atoms with E-state index in [0.29, 0.717) is 18.7 Å². The van der Waals surface area contributed by atoms with Gasteiger partial charge in [-0.05, 0) is 24.0 Å². The van der Waals surface area contributed by atoms with Crippen LogP contribution in [0.15, 0.2) is 4.99 Å². The molecule has 1 aliphatic heterocycles. The van der Waals surface area contributed by atoms with Crippen molar-refractivity contribution in [2.75, 3.05) is 18.5 Å². The molecule has 0 radical (unpaired) electrons. The lowest BCUT2D eigenvalue weighted by molar-refractivity contribution is 0.318. The molecule has 1 rings (SSSR count). The van der Waals surface area contributed by atoms with Gasteiger partial charge in [0.05, 0.1) is 11.9 Å². The fourth-order valence-corrected chi connectivity index (χ4v) is 5.37. The van der Waals surface area contributed by atoms with Crippen LogP contribution in [0.4, 0.5) is 0 Å². The Bertz CT molecular complexity index is 393. The van der Waals surface area contributed by atoms with Crippen LogP contribution in [0.2, 0.25) is 0 Å². The highest BCUT2D eigenvalue weighted by Gasteiger charge is 2.51. The molecule has 0 aliphatic carbocycles. The zero-order valence-electron chi connectivity index (χ0n) is 10.5. The molecule has 7 nitrogen and oxygen atoms in total. The third kappa shape index (κ3) is 5.40. The van der Waals surface area contributed by atoms with E-state index < -0.39 is 27.4 Å². The first-order valence-corrected chi connectivity index (χ1v) is 9.96. The summed E-state index contributed by atoms with van der Waals surface area (Å²) in [5.41, 5.74) is -1.11. The largest absolute Gasteiger partial charge is 0.413 e. The third-order valence-electron chi connectivity index (χ3n) is 3.15. The fourth-order valence-electron chi connectivity index (χ4n) is 2.26. The number of thiol groups is 1. The van der Waals surface area contributed by atoms with Crippen molar-refractivity contribution in [2.24, 2.45) is 16.8 Å². The van der Waals surface area contributed by atoms with Gasteiger partial charge in [0.25, 0.3) is 0 Å². The Balaban J connectivity index is 2.99. The molecule has 0 fully saturated rings. The van der Waals surface area contributed by atoms with Gasteiger partial charge < -0.3 is 9.79 Å². The van der Waals surface area contributed by atoms with Crippen molar-refractivity contribution < 1.29 is 29.0 Å². The van der Waals surface area contributed by atoms with Crippen molar-refractivity contribution in [2.45, 2.75) is 19.0 Å². The second-order valence-electron chi connectivity index (χ2n) is 4.93. The number of hydrogen-bond donors (Lipinski definition) is 6. The normalized spacial score (nSPS) is 27.0. The molecule has 3 atom stereocenters. The first kappa shape index (κ1) is 17.5. The Morgan fingerprint density at radius 1 is 1.47 bits per heavy atom. The summed E-state index contributed by atoms with van der Waals surface area (Å²) in [7, 11) is -8.88. The van der Waals surface area contributed by atoms with Gasteiger partial charge in [-0.1, -0.05) is 6.92 Å². The van der Waals surface area contributed by atoms with E-state index in [9.17, 15) is 19.2 Å².